The van der Waals surface area contributed by atoms with Crippen molar-refractivity contribution in [2.75, 3.05) is 12.4 Å². The van der Waals surface area contributed by atoms with E-state index in [2.05, 4.69) is 15.5 Å². The zero-order valence-corrected chi connectivity index (χ0v) is 13.8. The summed E-state index contributed by atoms with van der Waals surface area (Å²) < 4.78 is 5.64. The number of amidine groups is 1. The maximum atomic E-state index is 11.1. The first kappa shape index (κ1) is 17.5. The second-order valence-corrected chi connectivity index (χ2v) is 5.95. The minimum Gasteiger partial charge on any atom is -0.493 e. The van der Waals surface area contributed by atoms with E-state index in [1.54, 1.807) is 6.07 Å². The third-order valence-corrected chi connectivity index (χ3v) is 3.81. The van der Waals surface area contributed by atoms with Gasteiger partial charge in [-0.05, 0) is 19.4 Å². The van der Waals surface area contributed by atoms with Gasteiger partial charge in [-0.15, -0.1) is 5.10 Å². The summed E-state index contributed by atoms with van der Waals surface area (Å²) in [5.41, 5.74) is 1.73. The summed E-state index contributed by atoms with van der Waals surface area (Å²) in [5, 5.41) is 30.0. The lowest BCUT2D eigenvalue weighted by molar-refractivity contribution is -0.116. The molecule has 0 aliphatic carbocycles. The van der Waals surface area contributed by atoms with Gasteiger partial charge in [0, 0.05) is 11.0 Å². The highest BCUT2D eigenvalue weighted by Crippen LogP contribution is 2.18. The zero-order chi connectivity index (χ0) is 16.8. The Morgan fingerprint density at radius 2 is 2.26 bits per heavy atom. The van der Waals surface area contributed by atoms with Crippen molar-refractivity contribution < 1.29 is 19.6 Å². The molecule has 122 valence electrons. The average Bonchev–Trinajstić information content (AvgIpc) is 2.91. The van der Waals surface area contributed by atoms with E-state index in [0.717, 1.165) is 12.0 Å². The third-order valence-electron chi connectivity index (χ3n) is 2.95. The van der Waals surface area contributed by atoms with Gasteiger partial charge in [-0.25, -0.2) is 0 Å². The Morgan fingerprint density at radius 3 is 2.87 bits per heavy atom. The molecule has 0 bridgehead atoms. The number of benzene rings is 1. The van der Waals surface area contributed by atoms with E-state index in [-0.39, 0.29) is 11.4 Å². The van der Waals surface area contributed by atoms with E-state index < -0.39 is 7.12 Å². The summed E-state index contributed by atoms with van der Waals surface area (Å²) in [7, 11) is -1.63. The monoisotopic (exact) mass is 335 g/mol. The summed E-state index contributed by atoms with van der Waals surface area (Å²) in [4.78, 5) is 11.1. The fraction of sp³-hybridized carbons (Fsp3) is 0.357. The van der Waals surface area contributed by atoms with Gasteiger partial charge in [-0.1, -0.05) is 30.3 Å². The van der Waals surface area contributed by atoms with Gasteiger partial charge in [0.15, 0.2) is 5.17 Å². The standard InChI is InChI=1S/C14H18BN3O4S/c1-3-4-22-13-10(5-9(2)6-11(13)15(20)21)7-16-18-14-17-12(19)8-23-14/h5-7,20-21H,3-4,8H2,1-2H3,(H,17,18,19). The number of nitrogens with one attached hydrogen (secondary N) is 1. The highest BCUT2D eigenvalue weighted by atomic mass is 32.2. The lowest BCUT2D eigenvalue weighted by Crippen LogP contribution is -2.32. The van der Waals surface area contributed by atoms with Gasteiger partial charge >= 0.3 is 7.12 Å². The molecule has 2 rings (SSSR count). The van der Waals surface area contributed by atoms with Crippen molar-refractivity contribution in [3.63, 3.8) is 0 Å². The molecule has 23 heavy (non-hydrogen) atoms. The smallest absolute Gasteiger partial charge is 0.492 e. The number of ether oxygens (including phenoxy) is 1. The first-order valence-electron chi connectivity index (χ1n) is 7.18. The van der Waals surface area contributed by atoms with Crippen LogP contribution in [0.2, 0.25) is 0 Å². The number of amides is 1. The topological polar surface area (TPSA) is 104 Å². The summed E-state index contributed by atoms with van der Waals surface area (Å²) in [6.07, 6.45) is 2.26. The molecule has 0 saturated carbocycles. The number of hydrogen-bond acceptors (Lipinski definition) is 7. The Labute approximate surface area is 139 Å². The summed E-state index contributed by atoms with van der Waals surface area (Å²) in [5.74, 6) is 0.613. The normalized spacial score (nSPS) is 16.2. The molecule has 1 aliphatic heterocycles. The van der Waals surface area contributed by atoms with Crippen LogP contribution < -0.4 is 15.5 Å². The van der Waals surface area contributed by atoms with Crippen LogP contribution in [0.15, 0.2) is 22.3 Å². The van der Waals surface area contributed by atoms with Gasteiger partial charge in [0.1, 0.15) is 5.75 Å². The molecule has 1 saturated heterocycles. The van der Waals surface area contributed by atoms with Crippen LogP contribution in [0.1, 0.15) is 24.5 Å². The van der Waals surface area contributed by atoms with Crippen molar-refractivity contribution in [3.05, 3.63) is 23.3 Å². The summed E-state index contributed by atoms with van der Waals surface area (Å²) >= 11 is 1.28. The van der Waals surface area contributed by atoms with Crippen LogP contribution in [0.25, 0.3) is 0 Å². The molecular formula is C14H18BN3O4S. The van der Waals surface area contributed by atoms with Gasteiger partial charge in [0.2, 0.25) is 5.91 Å². The van der Waals surface area contributed by atoms with Crippen LogP contribution in [-0.2, 0) is 4.79 Å². The highest BCUT2D eigenvalue weighted by Gasteiger charge is 2.20. The van der Waals surface area contributed by atoms with Crippen LogP contribution in [-0.4, -0.2) is 46.8 Å². The summed E-state index contributed by atoms with van der Waals surface area (Å²) in [6.45, 7) is 4.25. The molecule has 0 atom stereocenters. The molecule has 0 aromatic heterocycles. The molecule has 0 radical (unpaired) electrons. The van der Waals surface area contributed by atoms with E-state index in [0.29, 0.717) is 28.8 Å². The van der Waals surface area contributed by atoms with Gasteiger partial charge in [-0.3, -0.25) is 4.79 Å². The Kier molecular flexibility index (Phi) is 6.20. The third kappa shape index (κ3) is 4.82. The van der Waals surface area contributed by atoms with Gasteiger partial charge in [-0.2, -0.15) is 5.10 Å². The minimum absolute atomic E-state index is 0.0998. The largest absolute Gasteiger partial charge is 0.493 e. The van der Waals surface area contributed by atoms with Gasteiger partial charge in [0.25, 0.3) is 0 Å². The van der Waals surface area contributed by atoms with Crippen LogP contribution in [0, 0.1) is 6.92 Å². The van der Waals surface area contributed by atoms with Crippen molar-refractivity contribution in [1.82, 2.24) is 5.32 Å². The lowest BCUT2D eigenvalue weighted by atomic mass is 9.77. The summed E-state index contributed by atoms with van der Waals surface area (Å²) in [6, 6.07) is 3.48. The predicted octanol–water partition coefficient (Wildman–Crippen LogP) is 0.0165. The molecule has 0 spiro atoms. The average molecular weight is 335 g/mol. The molecule has 1 aromatic carbocycles. The van der Waals surface area contributed by atoms with Crippen molar-refractivity contribution in [2.45, 2.75) is 20.3 Å². The Bertz CT molecular complexity index is 649. The Morgan fingerprint density at radius 1 is 1.48 bits per heavy atom. The first-order valence-corrected chi connectivity index (χ1v) is 8.17. The SMILES string of the molecule is CCCOc1c(C=NN=C2NC(=O)CS2)cc(C)cc1B(O)O. The van der Waals surface area contributed by atoms with Crippen molar-refractivity contribution in [3.8, 4) is 5.75 Å². The van der Waals surface area contributed by atoms with E-state index in [4.69, 9.17) is 4.74 Å². The first-order chi connectivity index (χ1) is 11.0. The Hall–Kier alpha value is -1.84. The molecule has 1 heterocycles. The fourth-order valence-electron chi connectivity index (χ4n) is 2.01. The number of hydrogen-bond donors (Lipinski definition) is 3. The quantitative estimate of drug-likeness (QED) is 0.386. The van der Waals surface area contributed by atoms with Crippen LogP contribution >= 0.6 is 11.8 Å². The molecule has 1 fully saturated rings. The number of rotatable bonds is 6. The zero-order valence-electron chi connectivity index (χ0n) is 12.9. The molecule has 9 heteroatoms. The molecule has 1 aromatic rings. The van der Waals surface area contributed by atoms with E-state index in [1.165, 1.54) is 18.0 Å². The molecule has 0 unspecified atom stereocenters. The number of thioether (sulfide) groups is 1. The van der Waals surface area contributed by atoms with Crippen molar-refractivity contribution in [2.24, 2.45) is 10.2 Å². The number of carbonyl (C=O) groups excluding carboxylic acids is 1. The number of carbonyl (C=O) groups is 1. The molecule has 3 N–H and O–H groups in total. The van der Waals surface area contributed by atoms with E-state index in [9.17, 15) is 14.8 Å². The molecule has 1 aliphatic rings. The van der Waals surface area contributed by atoms with E-state index in [1.807, 2.05) is 19.9 Å². The van der Waals surface area contributed by atoms with Gasteiger partial charge < -0.3 is 20.1 Å². The molecule has 7 nitrogen and oxygen atoms in total. The van der Waals surface area contributed by atoms with Crippen molar-refractivity contribution >= 4 is 41.6 Å². The number of nitrogens with zero attached hydrogens (tertiary/aromatic N) is 2. The minimum atomic E-state index is -1.63. The van der Waals surface area contributed by atoms with Crippen LogP contribution in [0.5, 0.6) is 5.75 Å². The van der Waals surface area contributed by atoms with Crippen LogP contribution in [0.3, 0.4) is 0 Å². The van der Waals surface area contributed by atoms with Crippen molar-refractivity contribution in [1.29, 1.82) is 0 Å². The lowest BCUT2D eigenvalue weighted by Gasteiger charge is -2.14. The fourth-order valence-corrected chi connectivity index (χ4v) is 2.64. The highest BCUT2D eigenvalue weighted by molar-refractivity contribution is 8.15. The van der Waals surface area contributed by atoms with Crippen LogP contribution in [0.4, 0.5) is 0 Å². The second kappa shape index (κ2) is 8.14. The Balaban J connectivity index is 2.30. The molecule has 1 amide bonds. The van der Waals surface area contributed by atoms with Gasteiger partial charge in [0.05, 0.1) is 18.6 Å². The second-order valence-electron chi connectivity index (χ2n) is 4.98. The molecular weight excluding hydrogens is 317 g/mol. The maximum Gasteiger partial charge on any atom is 0.492 e. The van der Waals surface area contributed by atoms with E-state index >= 15 is 0 Å². The number of aryl methyl sites for hydroxylation is 1. The maximum absolute atomic E-state index is 11.1. The predicted molar refractivity (Wildman–Crippen MR) is 92.4 cm³/mol.